The number of amides is 1. The molecule has 1 N–H and O–H groups in total. The molecule has 1 atom stereocenters. The summed E-state index contributed by atoms with van der Waals surface area (Å²) < 4.78 is 3.68. The number of hydrogen-bond donors (Lipinski definition) is 1. The third-order valence-electron chi connectivity index (χ3n) is 3.14. The number of carbonyl (C=O) groups is 2. The Labute approximate surface area is 109 Å². The van der Waals surface area contributed by atoms with E-state index < -0.39 is 5.97 Å². The average Bonchev–Trinajstić information content (AvgIpc) is 2.89. The maximum Gasteiger partial charge on any atom is 0.303 e. The van der Waals surface area contributed by atoms with Gasteiger partial charge in [-0.2, -0.15) is 0 Å². The maximum atomic E-state index is 12.1. The van der Waals surface area contributed by atoms with Gasteiger partial charge in [-0.15, -0.1) is 5.10 Å². The van der Waals surface area contributed by atoms with Crippen LogP contribution in [0.5, 0.6) is 0 Å². The molecular formula is C11H15N3O3S. The van der Waals surface area contributed by atoms with Gasteiger partial charge >= 0.3 is 5.97 Å². The van der Waals surface area contributed by atoms with Crippen LogP contribution >= 0.6 is 11.5 Å². The van der Waals surface area contributed by atoms with Gasteiger partial charge in [-0.3, -0.25) is 9.59 Å². The zero-order valence-corrected chi connectivity index (χ0v) is 10.7. The second kappa shape index (κ2) is 5.90. The predicted octanol–water partition coefficient (Wildman–Crippen LogP) is 1.26. The highest BCUT2D eigenvalue weighted by Gasteiger charge is 2.25. The molecule has 1 saturated heterocycles. The number of aromatic nitrogens is 2. The Bertz CT molecular complexity index is 421. The Kier molecular flexibility index (Phi) is 4.24. The lowest BCUT2D eigenvalue weighted by molar-refractivity contribution is -0.137. The fourth-order valence-electron chi connectivity index (χ4n) is 2.23. The topological polar surface area (TPSA) is 83.4 Å². The molecule has 98 valence electrons. The van der Waals surface area contributed by atoms with E-state index in [0.717, 1.165) is 30.9 Å². The van der Waals surface area contributed by atoms with Gasteiger partial charge in [-0.05, 0) is 36.7 Å². The van der Waals surface area contributed by atoms with Crippen molar-refractivity contribution in [3.05, 3.63) is 11.1 Å². The second-order valence-electron chi connectivity index (χ2n) is 4.47. The van der Waals surface area contributed by atoms with Crippen molar-refractivity contribution >= 4 is 23.4 Å². The van der Waals surface area contributed by atoms with Gasteiger partial charge in [0.15, 0.2) is 0 Å². The molecule has 0 bridgehead atoms. The molecule has 1 aliphatic rings. The summed E-state index contributed by atoms with van der Waals surface area (Å²) in [7, 11) is 0. The standard InChI is InChI=1S/C11H15N3O3S/c15-10(16)4-3-8-2-1-5-14(7-8)11(17)9-6-12-13-18-9/h6,8H,1-5,7H2,(H,15,16)/t8-/m0/s1. The first-order chi connectivity index (χ1) is 8.66. The predicted molar refractivity (Wildman–Crippen MR) is 65.4 cm³/mol. The third-order valence-corrected chi connectivity index (χ3v) is 3.80. The normalized spacial score (nSPS) is 19.8. The van der Waals surface area contributed by atoms with Crippen molar-refractivity contribution in [2.75, 3.05) is 13.1 Å². The van der Waals surface area contributed by atoms with Gasteiger partial charge in [-0.25, -0.2) is 0 Å². The molecule has 0 radical (unpaired) electrons. The van der Waals surface area contributed by atoms with Crippen LogP contribution in [-0.2, 0) is 4.79 Å². The van der Waals surface area contributed by atoms with Crippen molar-refractivity contribution in [1.29, 1.82) is 0 Å². The molecule has 18 heavy (non-hydrogen) atoms. The van der Waals surface area contributed by atoms with Crippen LogP contribution in [-0.4, -0.2) is 44.6 Å². The first-order valence-corrected chi connectivity index (χ1v) is 6.72. The SMILES string of the molecule is O=C(O)CC[C@@H]1CCCN(C(=O)c2cnns2)C1. The van der Waals surface area contributed by atoms with Gasteiger partial charge < -0.3 is 10.0 Å². The summed E-state index contributed by atoms with van der Waals surface area (Å²) >= 11 is 1.10. The number of carboxylic acids is 1. The molecular weight excluding hydrogens is 254 g/mol. The van der Waals surface area contributed by atoms with Crippen LogP contribution in [0.25, 0.3) is 0 Å². The number of carboxylic acid groups (broad SMARTS) is 1. The Morgan fingerprint density at radius 1 is 1.56 bits per heavy atom. The monoisotopic (exact) mass is 269 g/mol. The van der Waals surface area contributed by atoms with Crippen LogP contribution in [0.4, 0.5) is 0 Å². The van der Waals surface area contributed by atoms with E-state index in [2.05, 4.69) is 9.59 Å². The van der Waals surface area contributed by atoms with Gasteiger partial charge in [0.1, 0.15) is 4.88 Å². The molecule has 2 rings (SSSR count). The highest BCUT2D eigenvalue weighted by Crippen LogP contribution is 2.22. The van der Waals surface area contributed by atoms with E-state index in [1.54, 1.807) is 4.90 Å². The first-order valence-electron chi connectivity index (χ1n) is 5.95. The summed E-state index contributed by atoms with van der Waals surface area (Å²) in [5.41, 5.74) is 0. The van der Waals surface area contributed by atoms with E-state index in [9.17, 15) is 9.59 Å². The summed E-state index contributed by atoms with van der Waals surface area (Å²) in [5, 5.41) is 12.3. The van der Waals surface area contributed by atoms with Gasteiger partial charge in [-0.1, -0.05) is 4.49 Å². The van der Waals surface area contributed by atoms with Crippen LogP contribution < -0.4 is 0 Å². The lowest BCUT2D eigenvalue weighted by Gasteiger charge is -2.32. The number of aliphatic carboxylic acids is 1. The van der Waals surface area contributed by atoms with E-state index in [4.69, 9.17) is 5.11 Å². The Morgan fingerprint density at radius 2 is 2.39 bits per heavy atom. The lowest BCUT2D eigenvalue weighted by Crippen LogP contribution is -2.39. The minimum absolute atomic E-state index is 0.0370. The van der Waals surface area contributed by atoms with E-state index in [-0.39, 0.29) is 12.3 Å². The quantitative estimate of drug-likeness (QED) is 0.889. The molecule has 0 spiro atoms. The van der Waals surface area contributed by atoms with Crippen LogP contribution in [0.2, 0.25) is 0 Å². The largest absolute Gasteiger partial charge is 0.481 e. The summed E-state index contributed by atoms with van der Waals surface area (Å²) in [6.45, 7) is 1.38. The van der Waals surface area contributed by atoms with Crippen LogP contribution in [0.3, 0.4) is 0 Å². The van der Waals surface area contributed by atoms with Crippen LogP contribution in [0.1, 0.15) is 35.4 Å². The minimum Gasteiger partial charge on any atom is -0.481 e. The molecule has 1 aromatic heterocycles. The lowest BCUT2D eigenvalue weighted by atomic mass is 9.93. The van der Waals surface area contributed by atoms with Crippen molar-refractivity contribution in [3.8, 4) is 0 Å². The molecule has 0 saturated carbocycles. The summed E-state index contributed by atoms with van der Waals surface area (Å²) in [5.74, 6) is -0.519. The highest BCUT2D eigenvalue weighted by atomic mass is 32.1. The van der Waals surface area contributed by atoms with Gasteiger partial charge in [0.05, 0.1) is 6.20 Å². The number of likely N-dealkylation sites (tertiary alicyclic amines) is 1. The number of carbonyl (C=O) groups excluding carboxylic acids is 1. The maximum absolute atomic E-state index is 12.1. The van der Waals surface area contributed by atoms with Crippen molar-refractivity contribution in [2.24, 2.45) is 5.92 Å². The van der Waals surface area contributed by atoms with E-state index in [0.29, 0.717) is 23.8 Å². The van der Waals surface area contributed by atoms with Crippen LogP contribution in [0, 0.1) is 5.92 Å². The second-order valence-corrected chi connectivity index (χ2v) is 5.26. The molecule has 1 fully saturated rings. The minimum atomic E-state index is -0.773. The molecule has 6 nitrogen and oxygen atoms in total. The molecule has 0 unspecified atom stereocenters. The number of piperidine rings is 1. The fraction of sp³-hybridized carbons (Fsp3) is 0.636. The summed E-state index contributed by atoms with van der Waals surface area (Å²) in [6, 6.07) is 0. The van der Waals surface area contributed by atoms with Gasteiger partial charge in [0.2, 0.25) is 0 Å². The third kappa shape index (κ3) is 3.25. The Hall–Kier alpha value is -1.50. The zero-order chi connectivity index (χ0) is 13.0. The Morgan fingerprint density at radius 3 is 3.06 bits per heavy atom. The molecule has 2 heterocycles. The van der Waals surface area contributed by atoms with E-state index >= 15 is 0 Å². The molecule has 1 aliphatic heterocycles. The Balaban J connectivity index is 1.90. The molecule has 0 aromatic carbocycles. The van der Waals surface area contributed by atoms with Gasteiger partial charge in [0.25, 0.3) is 5.91 Å². The van der Waals surface area contributed by atoms with E-state index in [1.807, 2.05) is 0 Å². The summed E-state index contributed by atoms with van der Waals surface area (Å²) in [4.78, 5) is 25.0. The van der Waals surface area contributed by atoms with Crippen molar-refractivity contribution in [1.82, 2.24) is 14.5 Å². The molecule has 1 amide bonds. The van der Waals surface area contributed by atoms with Crippen molar-refractivity contribution in [2.45, 2.75) is 25.7 Å². The molecule has 1 aromatic rings. The zero-order valence-electron chi connectivity index (χ0n) is 9.91. The molecule has 0 aliphatic carbocycles. The number of nitrogens with zero attached hydrogens (tertiary/aromatic N) is 3. The van der Waals surface area contributed by atoms with Crippen molar-refractivity contribution in [3.63, 3.8) is 0 Å². The highest BCUT2D eigenvalue weighted by molar-refractivity contribution is 7.07. The molecule has 7 heteroatoms. The van der Waals surface area contributed by atoms with Gasteiger partial charge in [0, 0.05) is 19.5 Å². The average molecular weight is 269 g/mol. The first kappa shape index (κ1) is 12.9. The van der Waals surface area contributed by atoms with E-state index in [1.165, 1.54) is 6.20 Å². The van der Waals surface area contributed by atoms with Crippen molar-refractivity contribution < 1.29 is 14.7 Å². The number of hydrogen-bond acceptors (Lipinski definition) is 5. The van der Waals surface area contributed by atoms with Crippen LogP contribution in [0.15, 0.2) is 6.20 Å². The summed E-state index contributed by atoms with van der Waals surface area (Å²) in [6.07, 6.45) is 4.23. The smallest absolute Gasteiger partial charge is 0.303 e. The number of rotatable bonds is 4. The fourth-order valence-corrected chi connectivity index (χ4v) is 2.71.